The molecular formula is C43H58N2O3Si2. The van der Waals surface area contributed by atoms with Gasteiger partial charge in [-0.05, 0) is 133 Å². The van der Waals surface area contributed by atoms with Crippen molar-refractivity contribution in [3.8, 4) is 11.5 Å². The summed E-state index contributed by atoms with van der Waals surface area (Å²) in [4.78, 5) is 14.8. The molecule has 0 radical (unpaired) electrons. The van der Waals surface area contributed by atoms with E-state index in [0.29, 0.717) is 0 Å². The quantitative estimate of drug-likeness (QED) is 0.141. The predicted octanol–water partition coefficient (Wildman–Crippen LogP) is 11.1. The van der Waals surface area contributed by atoms with Crippen molar-refractivity contribution < 1.29 is 13.6 Å². The van der Waals surface area contributed by atoms with Gasteiger partial charge >= 0.3 is 0 Å². The molecule has 0 spiro atoms. The molecule has 1 amide bonds. The number of hydrogen-bond donors (Lipinski definition) is 2. The molecule has 5 nitrogen and oxygen atoms in total. The van der Waals surface area contributed by atoms with Crippen LogP contribution in [0.2, 0.25) is 36.3 Å². The van der Waals surface area contributed by atoms with Crippen molar-refractivity contribution in [3.05, 3.63) is 117 Å². The predicted molar refractivity (Wildman–Crippen MR) is 216 cm³/mol. The number of fused-ring (bicyclic) bond motifs is 1. The summed E-state index contributed by atoms with van der Waals surface area (Å²) >= 11 is 0. The molecule has 1 aliphatic heterocycles. The van der Waals surface area contributed by atoms with Crippen LogP contribution in [0.1, 0.15) is 91.6 Å². The molecule has 1 aliphatic rings. The highest BCUT2D eigenvalue weighted by molar-refractivity contribution is 6.75. The normalized spacial score (nSPS) is 14.7. The third kappa shape index (κ3) is 6.67. The lowest BCUT2D eigenvalue weighted by Crippen LogP contribution is -2.44. The summed E-state index contributed by atoms with van der Waals surface area (Å²) in [6, 6.07) is 23.1. The summed E-state index contributed by atoms with van der Waals surface area (Å²) in [5, 5.41) is 3.45. The third-order valence-electron chi connectivity index (χ3n) is 11.6. The molecule has 0 aliphatic carbocycles. The zero-order chi connectivity index (χ0) is 37.2. The van der Waals surface area contributed by atoms with Crippen LogP contribution >= 0.6 is 0 Å². The number of nitrogens with one attached hydrogen (secondary N) is 1. The number of rotatable bonds is 8. The second-order valence-electron chi connectivity index (χ2n) is 17.6. The van der Waals surface area contributed by atoms with Crippen LogP contribution in [0.5, 0.6) is 11.5 Å². The Bertz CT molecular complexity index is 1820. The fourth-order valence-corrected chi connectivity index (χ4v) is 8.83. The first-order valence-electron chi connectivity index (χ1n) is 17.9. The van der Waals surface area contributed by atoms with Gasteiger partial charge in [0.2, 0.25) is 5.91 Å². The molecule has 50 heavy (non-hydrogen) atoms. The number of nitrogens with two attached hydrogens (primary N) is 1. The second kappa shape index (κ2) is 12.7. The minimum Gasteiger partial charge on any atom is -0.543 e. The first-order chi connectivity index (χ1) is 23.0. The molecule has 0 unspecified atom stereocenters. The van der Waals surface area contributed by atoms with E-state index in [1.165, 1.54) is 5.56 Å². The molecule has 0 saturated carbocycles. The van der Waals surface area contributed by atoms with Gasteiger partial charge in [-0.25, -0.2) is 0 Å². The van der Waals surface area contributed by atoms with Crippen molar-refractivity contribution in [1.82, 2.24) is 0 Å². The molecule has 5 rings (SSSR count). The topological polar surface area (TPSA) is 73.6 Å². The molecule has 7 heteroatoms. The molecule has 266 valence electrons. The standard InChI is InChI=1S/C43H58N2O3Si2/c1-27-21-33(22-28(2)38(27)47-49(11,12)41(5,6)7)43(34-23-29(3)39(30(4)24-34)48-50(13,14)42(8,9)10)36-20-17-32(26-37(36)45-40(43)46)25-31-15-18-35(44)19-16-31/h15-24,26H,25,44H2,1-14H3,(H,45,46). The van der Waals surface area contributed by atoms with E-state index in [4.69, 9.17) is 14.6 Å². The Morgan fingerprint density at radius 2 is 1.04 bits per heavy atom. The highest BCUT2D eigenvalue weighted by Crippen LogP contribution is 2.51. The summed E-state index contributed by atoms with van der Waals surface area (Å²) in [5.74, 6) is 1.81. The number of hydrogen-bond acceptors (Lipinski definition) is 4. The number of amides is 1. The van der Waals surface area contributed by atoms with Crippen molar-refractivity contribution in [1.29, 1.82) is 0 Å². The molecule has 4 aromatic rings. The summed E-state index contributed by atoms with van der Waals surface area (Å²) in [6.45, 7) is 31.1. The molecule has 4 aromatic carbocycles. The number of benzene rings is 4. The Morgan fingerprint density at radius 3 is 1.44 bits per heavy atom. The Morgan fingerprint density at radius 1 is 0.640 bits per heavy atom. The van der Waals surface area contributed by atoms with E-state index in [1.54, 1.807) is 0 Å². The number of carbonyl (C=O) groups is 1. The van der Waals surface area contributed by atoms with E-state index in [9.17, 15) is 4.79 Å². The lowest BCUT2D eigenvalue weighted by molar-refractivity contribution is -0.118. The van der Waals surface area contributed by atoms with Gasteiger partial charge in [0, 0.05) is 16.9 Å². The molecule has 0 bridgehead atoms. The van der Waals surface area contributed by atoms with Crippen LogP contribution in [0.15, 0.2) is 66.7 Å². The Hall–Kier alpha value is -3.82. The largest absolute Gasteiger partial charge is 0.543 e. The van der Waals surface area contributed by atoms with Gasteiger partial charge in [-0.15, -0.1) is 0 Å². The maximum Gasteiger partial charge on any atom is 0.250 e. The molecule has 0 fully saturated rings. The van der Waals surface area contributed by atoms with Crippen molar-refractivity contribution in [2.75, 3.05) is 11.1 Å². The van der Waals surface area contributed by atoms with Crippen LogP contribution in [0.4, 0.5) is 11.4 Å². The highest BCUT2D eigenvalue weighted by Gasteiger charge is 2.51. The lowest BCUT2D eigenvalue weighted by atomic mass is 9.68. The smallest absolute Gasteiger partial charge is 0.250 e. The summed E-state index contributed by atoms with van der Waals surface area (Å²) in [5.41, 5.74) is 15.8. The monoisotopic (exact) mass is 706 g/mol. The Kier molecular flexibility index (Phi) is 9.55. The molecular weight excluding hydrogens is 649 g/mol. The Balaban J connectivity index is 1.71. The van der Waals surface area contributed by atoms with Gasteiger partial charge in [0.1, 0.15) is 16.9 Å². The minimum absolute atomic E-state index is 0.0501. The van der Waals surface area contributed by atoms with Crippen molar-refractivity contribution in [3.63, 3.8) is 0 Å². The number of carbonyl (C=O) groups excluding carboxylic acids is 1. The fraction of sp³-hybridized carbons (Fsp3) is 0.419. The van der Waals surface area contributed by atoms with E-state index < -0.39 is 22.0 Å². The number of aryl methyl sites for hydroxylation is 4. The second-order valence-corrected chi connectivity index (χ2v) is 27.1. The van der Waals surface area contributed by atoms with Gasteiger partial charge in [-0.1, -0.05) is 90.1 Å². The maximum absolute atomic E-state index is 14.8. The van der Waals surface area contributed by atoms with Gasteiger partial charge in [0.05, 0.1) is 0 Å². The Labute approximate surface area is 303 Å². The van der Waals surface area contributed by atoms with Crippen LogP contribution in [0, 0.1) is 27.7 Å². The lowest BCUT2D eigenvalue weighted by Gasteiger charge is -2.38. The molecule has 1 heterocycles. The van der Waals surface area contributed by atoms with Gasteiger partial charge in [0.15, 0.2) is 0 Å². The third-order valence-corrected chi connectivity index (χ3v) is 20.2. The van der Waals surface area contributed by atoms with E-state index in [-0.39, 0.29) is 16.0 Å². The van der Waals surface area contributed by atoms with Gasteiger partial charge in [-0.2, -0.15) is 0 Å². The van der Waals surface area contributed by atoms with Crippen LogP contribution in [0.25, 0.3) is 0 Å². The molecule has 0 saturated heterocycles. The zero-order valence-electron chi connectivity index (χ0n) is 32.9. The molecule has 0 aromatic heterocycles. The van der Waals surface area contributed by atoms with Crippen LogP contribution < -0.4 is 19.9 Å². The first kappa shape index (κ1) is 37.4. The van der Waals surface area contributed by atoms with Crippen LogP contribution in [-0.4, -0.2) is 22.5 Å². The summed E-state index contributed by atoms with van der Waals surface area (Å²) < 4.78 is 13.8. The molecule has 3 N–H and O–H groups in total. The van der Waals surface area contributed by atoms with E-state index in [0.717, 1.165) is 73.8 Å². The first-order valence-corrected chi connectivity index (χ1v) is 23.7. The SMILES string of the molecule is Cc1cc(C2(c3cc(C)c(O[Si](C)(C)C(C)(C)C)c(C)c3)C(=O)Nc3cc(Cc4ccc(N)cc4)ccc32)cc(C)c1O[Si](C)(C)C(C)(C)C. The maximum atomic E-state index is 14.8. The average molecular weight is 707 g/mol. The zero-order valence-corrected chi connectivity index (χ0v) is 34.9. The van der Waals surface area contributed by atoms with Gasteiger partial charge in [-0.3, -0.25) is 4.79 Å². The van der Waals surface area contributed by atoms with Crippen molar-refractivity contribution in [2.24, 2.45) is 0 Å². The highest BCUT2D eigenvalue weighted by atomic mass is 28.4. The average Bonchev–Trinajstić information content (AvgIpc) is 3.28. The number of anilines is 2. The van der Waals surface area contributed by atoms with Crippen LogP contribution in [0.3, 0.4) is 0 Å². The summed E-state index contributed by atoms with van der Waals surface area (Å²) in [7, 11) is -4.21. The van der Waals surface area contributed by atoms with Crippen molar-refractivity contribution >= 4 is 33.9 Å². The van der Waals surface area contributed by atoms with Crippen molar-refractivity contribution in [2.45, 2.75) is 117 Å². The minimum atomic E-state index is -2.10. The fourth-order valence-electron chi connectivity index (χ4n) is 6.55. The van der Waals surface area contributed by atoms with Gasteiger partial charge < -0.3 is 19.9 Å². The van der Waals surface area contributed by atoms with Gasteiger partial charge in [0.25, 0.3) is 16.6 Å². The van der Waals surface area contributed by atoms with E-state index in [2.05, 4.69) is 155 Å². The summed E-state index contributed by atoms with van der Waals surface area (Å²) in [6.07, 6.45) is 0.742. The van der Waals surface area contributed by atoms with E-state index >= 15 is 0 Å². The van der Waals surface area contributed by atoms with Crippen LogP contribution in [-0.2, 0) is 16.6 Å². The molecule has 0 atom stereocenters. The number of nitrogen functional groups attached to an aromatic ring is 1. The van der Waals surface area contributed by atoms with E-state index in [1.807, 2.05) is 12.1 Å².